The van der Waals surface area contributed by atoms with E-state index < -0.39 is 29.9 Å². The molecule has 0 spiro atoms. The van der Waals surface area contributed by atoms with Gasteiger partial charge < -0.3 is 9.84 Å². The van der Waals surface area contributed by atoms with Gasteiger partial charge in [0, 0.05) is 12.1 Å². The van der Waals surface area contributed by atoms with E-state index in [4.69, 9.17) is 9.84 Å². The van der Waals surface area contributed by atoms with Gasteiger partial charge in [-0.3, -0.25) is 4.90 Å². The molecule has 1 N–H and O–H groups in total. The summed E-state index contributed by atoms with van der Waals surface area (Å²) in [5.74, 6) is -1.15. The van der Waals surface area contributed by atoms with Gasteiger partial charge in [0.15, 0.2) is 0 Å². The van der Waals surface area contributed by atoms with E-state index in [-0.39, 0.29) is 18.0 Å². The Kier molecular flexibility index (Phi) is 3.75. The summed E-state index contributed by atoms with van der Waals surface area (Å²) < 4.78 is 19.7. The number of carboxylic acid groups (broad SMARTS) is 1. The Hall–Kier alpha value is -1.59. The minimum Gasteiger partial charge on any atom is -0.478 e. The molecule has 2 rings (SSSR count). The van der Waals surface area contributed by atoms with E-state index in [2.05, 4.69) is 0 Å². The van der Waals surface area contributed by atoms with Crippen molar-refractivity contribution in [2.75, 3.05) is 0 Å². The molecule has 1 amide bonds. The van der Waals surface area contributed by atoms with Gasteiger partial charge in [0.1, 0.15) is 11.8 Å². The second-order valence-corrected chi connectivity index (χ2v) is 6.35. The van der Waals surface area contributed by atoms with Gasteiger partial charge in [-0.05, 0) is 45.6 Å². The molecule has 0 aromatic heterocycles. The quantitative estimate of drug-likeness (QED) is 0.752. The van der Waals surface area contributed by atoms with Crippen molar-refractivity contribution in [2.24, 2.45) is 0 Å². The molecule has 3 unspecified atom stereocenters. The molecule has 112 valence electrons. The number of ether oxygens (including phenoxy) is 1. The van der Waals surface area contributed by atoms with Crippen molar-refractivity contribution in [3.63, 3.8) is 0 Å². The molecule has 3 atom stereocenters. The van der Waals surface area contributed by atoms with E-state index in [1.807, 2.05) is 0 Å². The van der Waals surface area contributed by atoms with Gasteiger partial charge >= 0.3 is 12.1 Å². The van der Waals surface area contributed by atoms with Gasteiger partial charge in [0.05, 0.1) is 6.04 Å². The van der Waals surface area contributed by atoms with Crippen LogP contribution in [0.2, 0.25) is 0 Å². The van der Waals surface area contributed by atoms with E-state index >= 15 is 0 Å². The second kappa shape index (κ2) is 5.07. The largest absolute Gasteiger partial charge is 0.478 e. The van der Waals surface area contributed by atoms with Crippen molar-refractivity contribution in [1.82, 2.24) is 4.90 Å². The number of halogens is 1. The number of rotatable bonds is 1. The van der Waals surface area contributed by atoms with Gasteiger partial charge in [-0.25, -0.2) is 14.0 Å². The van der Waals surface area contributed by atoms with E-state index in [9.17, 15) is 14.0 Å². The molecule has 0 radical (unpaired) electrons. The topological polar surface area (TPSA) is 66.8 Å². The van der Waals surface area contributed by atoms with Crippen molar-refractivity contribution in [2.45, 2.75) is 63.9 Å². The zero-order valence-electron chi connectivity index (χ0n) is 11.9. The Bertz CT molecular complexity index is 455. The Morgan fingerprint density at radius 1 is 1.40 bits per heavy atom. The normalized spacial score (nSPS) is 31.5. The SMILES string of the molecule is CC(C)(C)OC(=O)N1C2CCC1C(F)/C(=C\C(=O)O)C2. The Balaban J connectivity index is 2.17. The molecule has 0 saturated carbocycles. The third-order valence-corrected chi connectivity index (χ3v) is 3.62. The summed E-state index contributed by atoms with van der Waals surface area (Å²) >= 11 is 0. The van der Waals surface area contributed by atoms with Crippen LogP contribution in [0.5, 0.6) is 0 Å². The molecule has 2 bridgehead atoms. The van der Waals surface area contributed by atoms with Crippen LogP contribution in [0.1, 0.15) is 40.0 Å². The first-order chi connectivity index (χ1) is 9.19. The molecule has 0 aromatic carbocycles. The highest BCUT2D eigenvalue weighted by Gasteiger charge is 2.48. The number of nitrogens with zero attached hydrogens (tertiary/aromatic N) is 1. The standard InChI is InChI=1S/C14H20FNO4/c1-14(2,3)20-13(19)16-9-4-5-10(16)12(15)8(6-9)7-11(17)18/h7,9-10,12H,4-6H2,1-3H3,(H,17,18)/b8-7-. The molecule has 6 heteroatoms. The van der Waals surface area contributed by atoms with Crippen LogP contribution in [0.15, 0.2) is 11.6 Å². The van der Waals surface area contributed by atoms with Gasteiger partial charge in [-0.15, -0.1) is 0 Å². The first-order valence-electron chi connectivity index (χ1n) is 6.78. The van der Waals surface area contributed by atoms with Gasteiger partial charge in [0.2, 0.25) is 0 Å². The number of piperidine rings is 1. The number of carboxylic acids is 1. The number of hydrogen-bond acceptors (Lipinski definition) is 3. The van der Waals surface area contributed by atoms with Crippen LogP contribution in [-0.2, 0) is 9.53 Å². The van der Waals surface area contributed by atoms with Crippen LogP contribution in [0.25, 0.3) is 0 Å². The van der Waals surface area contributed by atoms with Crippen molar-refractivity contribution < 1.29 is 23.8 Å². The van der Waals surface area contributed by atoms with Crippen LogP contribution in [-0.4, -0.2) is 45.9 Å². The first kappa shape index (κ1) is 14.8. The summed E-state index contributed by atoms with van der Waals surface area (Å²) in [6.45, 7) is 5.29. The number of carbonyl (C=O) groups excluding carboxylic acids is 1. The first-order valence-corrected chi connectivity index (χ1v) is 6.78. The predicted octanol–water partition coefficient (Wildman–Crippen LogP) is 2.51. The fourth-order valence-electron chi connectivity index (χ4n) is 2.93. The van der Waals surface area contributed by atoms with Gasteiger partial charge in [-0.1, -0.05) is 0 Å². The van der Waals surface area contributed by atoms with E-state index in [0.717, 1.165) is 6.08 Å². The zero-order valence-corrected chi connectivity index (χ0v) is 11.9. The maximum absolute atomic E-state index is 14.4. The van der Waals surface area contributed by atoms with Crippen LogP contribution < -0.4 is 0 Å². The van der Waals surface area contributed by atoms with Gasteiger partial charge in [-0.2, -0.15) is 0 Å². The van der Waals surface area contributed by atoms with Crippen molar-refractivity contribution in [1.29, 1.82) is 0 Å². The molecule has 2 fully saturated rings. The number of fused-ring (bicyclic) bond motifs is 2. The highest BCUT2D eigenvalue weighted by atomic mass is 19.1. The summed E-state index contributed by atoms with van der Waals surface area (Å²) in [6.07, 6.45) is 0.494. The molecule has 0 aromatic rings. The number of alkyl halides is 1. The minimum absolute atomic E-state index is 0.160. The lowest BCUT2D eigenvalue weighted by molar-refractivity contribution is -0.131. The molecule has 2 aliphatic rings. The Labute approximate surface area is 117 Å². The van der Waals surface area contributed by atoms with E-state index in [0.29, 0.717) is 12.8 Å². The maximum atomic E-state index is 14.4. The zero-order chi connectivity index (χ0) is 15.1. The maximum Gasteiger partial charge on any atom is 0.410 e. The fourth-order valence-corrected chi connectivity index (χ4v) is 2.93. The third kappa shape index (κ3) is 2.94. The highest BCUT2D eigenvalue weighted by Crippen LogP contribution is 2.40. The lowest BCUT2D eigenvalue weighted by atomic mass is 9.95. The summed E-state index contributed by atoms with van der Waals surface area (Å²) in [7, 11) is 0. The predicted molar refractivity (Wildman–Crippen MR) is 70.1 cm³/mol. The molecule has 2 aliphatic heterocycles. The summed E-state index contributed by atoms with van der Waals surface area (Å²) in [6, 6.07) is -0.762. The second-order valence-electron chi connectivity index (χ2n) is 6.35. The lowest BCUT2D eigenvalue weighted by Crippen LogP contribution is -2.51. The molecular formula is C14H20FNO4. The van der Waals surface area contributed by atoms with Gasteiger partial charge in [0.25, 0.3) is 0 Å². The Morgan fingerprint density at radius 2 is 2.05 bits per heavy atom. The number of hydrogen-bond donors (Lipinski definition) is 1. The number of aliphatic carboxylic acids is 1. The lowest BCUT2D eigenvalue weighted by Gasteiger charge is -2.38. The monoisotopic (exact) mass is 285 g/mol. The average molecular weight is 285 g/mol. The van der Waals surface area contributed by atoms with Crippen LogP contribution >= 0.6 is 0 Å². The number of amides is 1. The minimum atomic E-state index is -1.42. The Morgan fingerprint density at radius 3 is 2.60 bits per heavy atom. The molecule has 20 heavy (non-hydrogen) atoms. The van der Waals surface area contributed by atoms with Crippen LogP contribution in [0, 0.1) is 0 Å². The van der Waals surface area contributed by atoms with Crippen LogP contribution in [0.3, 0.4) is 0 Å². The number of carbonyl (C=O) groups is 2. The molecule has 2 heterocycles. The van der Waals surface area contributed by atoms with E-state index in [1.54, 1.807) is 20.8 Å². The van der Waals surface area contributed by atoms with E-state index in [1.165, 1.54) is 4.90 Å². The summed E-state index contributed by atoms with van der Waals surface area (Å²) in [4.78, 5) is 24.3. The summed E-state index contributed by atoms with van der Waals surface area (Å²) in [5, 5.41) is 8.76. The van der Waals surface area contributed by atoms with Crippen LogP contribution in [0.4, 0.5) is 9.18 Å². The molecule has 2 saturated heterocycles. The molecule has 0 aliphatic carbocycles. The fraction of sp³-hybridized carbons (Fsp3) is 0.714. The highest BCUT2D eigenvalue weighted by molar-refractivity contribution is 5.81. The van der Waals surface area contributed by atoms with Crippen molar-refractivity contribution >= 4 is 12.1 Å². The van der Waals surface area contributed by atoms with Crippen molar-refractivity contribution in [3.05, 3.63) is 11.6 Å². The van der Waals surface area contributed by atoms with Crippen molar-refractivity contribution in [3.8, 4) is 0 Å². The smallest absolute Gasteiger partial charge is 0.410 e. The average Bonchev–Trinajstić information content (AvgIpc) is 2.61. The molecule has 5 nitrogen and oxygen atoms in total. The molecular weight excluding hydrogens is 265 g/mol. The summed E-state index contributed by atoms with van der Waals surface area (Å²) in [5.41, 5.74) is -0.357. The third-order valence-electron chi connectivity index (χ3n) is 3.62.